The van der Waals surface area contributed by atoms with E-state index in [1.165, 1.54) is 13.2 Å². The first-order chi connectivity index (χ1) is 5.63. The molecule has 1 rings (SSSR count). The van der Waals surface area contributed by atoms with Gasteiger partial charge < -0.3 is 4.74 Å². The number of nitrogens with zero attached hydrogens (tertiary/aromatic N) is 1. The van der Waals surface area contributed by atoms with Crippen LogP contribution in [-0.4, -0.2) is 17.3 Å². The lowest BCUT2D eigenvalue weighted by Crippen LogP contribution is -1.95. The molecule has 12 heavy (non-hydrogen) atoms. The van der Waals surface area contributed by atoms with Gasteiger partial charge in [0, 0.05) is 17.3 Å². The number of rotatable bonds is 2. The van der Waals surface area contributed by atoms with Crippen LogP contribution in [0.5, 0.6) is 5.88 Å². The molecule has 1 aromatic rings. The minimum Gasteiger partial charge on any atom is -0.481 e. The van der Waals surface area contributed by atoms with Crippen LogP contribution in [0, 0.1) is 6.92 Å². The molecule has 0 radical (unpaired) electrons. The molecule has 0 bridgehead atoms. The molecule has 1 heterocycles. The highest BCUT2D eigenvalue weighted by atomic mass is 35.5. The van der Waals surface area contributed by atoms with Gasteiger partial charge in [0.05, 0.1) is 7.11 Å². The first kappa shape index (κ1) is 9.00. The molecule has 0 fully saturated rings. The monoisotopic (exact) mass is 185 g/mol. The zero-order valence-corrected chi connectivity index (χ0v) is 7.55. The number of aryl methyl sites for hydroxylation is 1. The zero-order valence-electron chi connectivity index (χ0n) is 6.80. The number of carbonyl (C=O) groups is 1. The molecule has 0 amide bonds. The lowest BCUT2D eigenvalue weighted by Gasteiger charge is -2.01. The Balaban J connectivity index is 3.15. The Morgan fingerprint density at radius 3 is 2.75 bits per heavy atom. The van der Waals surface area contributed by atoms with E-state index in [4.69, 9.17) is 16.3 Å². The van der Waals surface area contributed by atoms with Gasteiger partial charge in [-0.05, 0) is 24.6 Å². The van der Waals surface area contributed by atoms with Crippen LogP contribution in [0.15, 0.2) is 12.1 Å². The fourth-order valence-electron chi connectivity index (χ4n) is 0.856. The molecule has 0 atom stereocenters. The minimum absolute atomic E-state index is 0.402. The topological polar surface area (TPSA) is 39.2 Å². The second-order valence-electron chi connectivity index (χ2n) is 2.31. The highest BCUT2D eigenvalue weighted by Gasteiger charge is 2.05. The van der Waals surface area contributed by atoms with Crippen LogP contribution in [0.1, 0.15) is 16.1 Å². The van der Waals surface area contributed by atoms with Crippen molar-refractivity contribution in [3.05, 3.63) is 23.4 Å². The largest absolute Gasteiger partial charge is 0.481 e. The Hall–Kier alpha value is -1.09. The van der Waals surface area contributed by atoms with Crippen molar-refractivity contribution in [2.24, 2.45) is 0 Å². The molecular formula is C8H8ClNO2. The van der Waals surface area contributed by atoms with Gasteiger partial charge in [0.1, 0.15) is 0 Å². The van der Waals surface area contributed by atoms with Crippen LogP contribution in [0.3, 0.4) is 0 Å². The van der Waals surface area contributed by atoms with Crippen LogP contribution >= 0.6 is 11.6 Å². The normalized spacial score (nSPS) is 9.58. The van der Waals surface area contributed by atoms with Crippen LogP contribution in [0.4, 0.5) is 0 Å². The number of hydrogen-bond donors (Lipinski definition) is 0. The van der Waals surface area contributed by atoms with Gasteiger partial charge in [-0.25, -0.2) is 4.98 Å². The van der Waals surface area contributed by atoms with E-state index in [2.05, 4.69) is 4.98 Å². The average Bonchev–Trinajstić information content (AvgIpc) is 2.03. The second-order valence-corrected chi connectivity index (χ2v) is 2.66. The second kappa shape index (κ2) is 3.54. The van der Waals surface area contributed by atoms with Gasteiger partial charge in [-0.15, -0.1) is 0 Å². The Morgan fingerprint density at radius 1 is 1.58 bits per heavy atom. The maximum Gasteiger partial charge on any atom is 0.252 e. The molecule has 0 unspecified atom stereocenters. The summed E-state index contributed by atoms with van der Waals surface area (Å²) in [6.45, 7) is 1.77. The predicted octanol–water partition coefficient (Wildman–Crippen LogP) is 1.78. The van der Waals surface area contributed by atoms with Crippen LogP contribution < -0.4 is 4.74 Å². The number of halogens is 1. The third-order valence-corrected chi connectivity index (χ3v) is 1.58. The van der Waals surface area contributed by atoms with Gasteiger partial charge in [-0.3, -0.25) is 4.79 Å². The minimum atomic E-state index is -0.501. The molecule has 1 aromatic heterocycles. The molecule has 0 spiro atoms. The van der Waals surface area contributed by atoms with E-state index in [0.717, 1.165) is 0 Å². The van der Waals surface area contributed by atoms with Crippen molar-refractivity contribution in [2.75, 3.05) is 7.11 Å². The Morgan fingerprint density at radius 2 is 2.25 bits per heavy atom. The van der Waals surface area contributed by atoms with Crippen molar-refractivity contribution in [3.63, 3.8) is 0 Å². The Labute approximate surface area is 75.3 Å². The smallest absolute Gasteiger partial charge is 0.252 e. The standard InChI is InChI=1S/C8H8ClNO2/c1-5-3-6(8(9)11)4-7(10-5)12-2/h3-4H,1-2H3. The van der Waals surface area contributed by atoms with Gasteiger partial charge in [0.15, 0.2) is 0 Å². The third-order valence-electron chi connectivity index (χ3n) is 1.37. The van der Waals surface area contributed by atoms with E-state index in [1.54, 1.807) is 13.0 Å². The van der Waals surface area contributed by atoms with Crippen molar-refractivity contribution in [1.29, 1.82) is 0 Å². The number of methoxy groups -OCH3 is 1. The number of carbonyl (C=O) groups excluding carboxylic acids is 1. The van der Waals surface area contributed by atoms with E-state index in [0.29, 0.717) is 17.1 Å². The summed E-state index contributed by atoms with van der Waals surface area (Å²) in [6.07, 6.45) is 0. The van der Waals surface area contributed by atoms with Gasteiger partial charge >= 0.3 is 0 Å². The molecule has 0 aliphatic heterocycles. The molecule has 0 aliphatic rings. The summed E-state index contributed by atoms with van der Waals surface area (Å²) < 4.78 is 4.86. The van der Waals surface area contributed by atoms with Crippen molar-refractivity contribution >= 4 is 16.8 Å². The quantitative estimate of drug-likeness (QED) is 0.660. The van der Waals surface area contributed by atoms with Crippen molar-refractivity contribution < 1.29 is 9.53 Å². The average molecular weight is 186 g/mol. The summed E-state index contributed by atoms with van der Waals surface area (Å²) in [5.41, 5.74) is 1.11. The SMILES string of the molecule is COc1cc(C(=O)Cl)cc(C)n1. The number of hydrogen-bond acceptors (Lipinski definition) is 3. The Kier molecular flexibility index (Phi) is 2.65. The zero-order chi connectivity index (χ0) is 9.14. The predicted molar refractivity (Wildman–Crippen MR) is 45.7 cm³/mol. The summed E-state index contributed by atoms with van der Waals surface area (Å²) in [4.78, 5) is 14.7. The van der Waals surface area contributed by atoms with Crippen molar-refractivity contribution in [3.8, 4) is 5.88 Å². The molecule has 0 aliphatic carbocycles. The van der Waals surface area contributed by atoms with Gasteiger partial charge in [0.2, 0.25) is 5.88 Å². The van der Waals surface area contributed by atoms with E-state index in [1.807, 2.05) is 0 Å². The van der Waals surface area contributed by atoms with E-state index >= 15 is 0 Å². The van der Waals surface area contributed by atoms with Crippen molar-refractivity contribution in [2.45, 2.75) is 6.92 Å². The summed E-state index contributed by atoms with van der Waals surface area (Å²) >= 11 is 5.28. The lowest BCUT2D eigenvalue weighted by molar-refractivity contribution is 0.108. The first-order valence-electron chi connectivity index (χ1n) is 3.36. The number of ether oxygens (including phenoxy) is 1. The van der Waals surface area contributed by atoms with Crippen LogP contribution in [0.25, 0.3) is 0 Å². The summed E-state index contributed by atoms with van der Waals surface area (Å²) in [6, 6.07) is 3.11. The molecular weight excluding hydrogens is 178 g/mol. The fourth-order valence-corrected chi connectivity index (χ4v) is 0.965. The van der Waals surface area contributed by atoms with Crippen molar-refractivity contribution in [1.82, 2.24) is 4.98 Å². The van der Waals surface area contributed by atoms with E-state index < -0.39 is 5.24 Å². The molecule has 0 N–H and O–H groups in total. The molecule has 4 heteroatoms. The molecule has 0 aromatic carbocycles. The third kappa shape index (κ3) is 1.95. The molecule has 3 nitrogen and oxygen atoms in total. The van der Waals surface area contributed by atoms with Crippen LogP contribution in [0.2, 0.25) is 0 Å². The number of pyridine rings is 1. The lowest BCUT2D eigenvalue weighted by atomic mass is 10.2. The van der Waals surface area contributed by atoms with Gasteiger partial charge in [-0.2, -0.15) is 0 Å². The maximum atomic E-state index is 10.7. The van der Waals surface area contributed by atoms with Gasteiger partial charge in [0.25, 0.3) is 5.24 Å². The fraction of sp³-hybridized carbons (Fsp3) is 0.250. The highest BCUT2D eigenvalue weighted by molar-refractivity contribution is 6.67. The summed E-state index contributed by atoms with van der Waals surface area (Å²) in [5, 5.41) is -0.501. The highest BCUT2D eigenvalue weighted by Crippen LogP contribution is 2.13. The summed E-state index contributed by atoms with van der Waals surface area (Å²) in [7, 11) is 1.49. The first-order valence-corrected chi connectivity index (χ1v) is 3.74. The van der Waals surface area contributed by atoms with E-state index in [-0.39, 0.29) is 0 Å². The van der Waals surface area contributed by atoms with E-state index in [9.17, 15) is 4.79 Å². The van der Waals surface area contributed by atoms with Crippen LogP contribution in [-0.2, 0) is 0 Å². The molecule has 0 saturated carbocycles. The number of aromatic nitrogens is 1. The molecule has 64 valence electrons. The maximum absolute atomic E-state index is 10.7. The molecule has 0 saturated heterocycles. The summed E-state index contributed by atoms with van der Waals surface area (Å²) in [5.74, 6) is 0.402. The van der Waals surface area contributed by atoms with Gasteiger partial charge in [-0.1, -0.05) is 0 Å². The Bertz CT molecular complexity index is 312.